The van der Waals surface area contributed by atoms with Crippen molar-refractivity contribution < 1.29 is 18.7 Å². The number of rotatable bonds is 8. The maximum atomic E-state index is 15.1. The van der Waals surface area contributed by atoms with Gasteiger partial charge >= 0.3 is 0 Å². The lowest BCUT2D eigenvalue weighted by Crippen LogP contribution is -2.59. The molecule has 3 atom stereocenters. The fourth-order valence-corrected chi connectivity index (χ4v) is 6.26. The van der Waals surface area contributed by atoms with Crippen molar-refractivity contribution >= 4 is 23.2 Å². The number of ether oxygens (including phenoxy) is 2. The molecular formula is C33H35FN10O3. The summed E-state index contributed by atoms with van der Waals surface area (Å²) in [5.74, 6) is 0.688. The lowest BCUT2D eigenvalue weighted by Gasteiger charge is -2.46. The number of imidazole rings is 1. The van der Waals surface area contributed by atoms with Crippen LogP contribution in [0.2, 0.25) is 0 Å². The summed E-state index contributed by atoms with van der Waals surface area (Å²) in [6.07, 6.45) is 2.30. The number of benzene rings is 2. The monoisotopic (exact) mass is 638 g/mol. The van der Waals surface area contributed by atoms with Gasteiger partial charge in [0.05, 0.1) is 43.9 Å². The van der Waals surface area contributed by atoms with Crippen molar-refractivity contribution in [1.82, 2.24) is 34.7 Å². The average Bonchev–Trinajstić information content (AvgIpc) is 3.61. The van der Waals surface area contributed by atoms with E-state index in [1.807, 2.05) is 12.1 Å². The molecule has 13 nitrogen and oxygen atoms in total. The van der Waals surface area contributed by atoms with Crippen LogP contribution in [-0.4, -0.2) is 111 Å². The van der Waals surface area contributed by atoms with Gasteiger partial charge in [0, 0.05) is 55.6 Å². The Morgan fingerprint density at radius 1 is 1.13 bits per heavy atom. The number of halogens is 1. The van der Waals surface area contributed by atoms with Crippen LogP contribution in [0.25, 0.3) is 11.4 Å². The number of aromatic nitrogens is 5. The van der Waals surface area contributed by atoms with Crippen LogP contribution in [-0.2, 0) is 4.74 Å². The molecule has 2 N–H and O–H groups in total. The minimum Gasteiger partial charge on any atom is -0.486 e. The molecule has 0 spiro atoms. The van der Waals surface area contributed by atoms with Gasteiger partial charge in [-0.15, -0.1) is 0 Å². The zero-order valence-corrected chi connectivity index (χ0v) is 25.9. The molecule has 3 fully saturated rings. The molecule has 3 aliphatic rings. The molecule has 5 heterocycles. The second-order valence-electron chi connectivity index (χ2n) is 12.0. The molecule has 47 heavy (non-hydrogen) atoms. The average molecular weight is 639 g/mol. The number of amides is 1. The number of nitriles is 1. The zero-order chi connectivity index (χ0) is 32.3. The first-order chi connectivity index (χ1) is 22.9. The number of nitrogens with one attached hydrogen (secondary N) is 2. The second-order valence-corrected chi connectivity index (χ2v) is 12.0. The highest BCUT2D eigenvalue weighted by atomic mass is 19.1. The molecule has 0 bridgehead atoms. The number of likely N-dealkylation sites (tertiary alicyclic amines) is 1. The molecule has 0 unspecified atom stereocenters. The highest BCUT2D eigenvalue weighted by Gasteiger charge is 2.35. The van der Waals surface area contributed by atoms with Gasteiger partial charge in [-0.3, -0.25) is 9.69 Å². The third-order valence-corrected chi connectivity index (χ3v) is 8.96. The third kappa shape index (κ3) is 6.58. The number of carbonyl (C=O) groups is 1. The number of hydrogen-bond acceptors (Lipinski definition) is 11. The van der Waals surface area contributed by atoms with Gasteiger partial charge in [0.1, 0.15) is 29.9 Å². The molecule has 0 aliphatic carbocycles. The van der Waals surface area contributed by atoms with Crippen molar-refractivity contribution in [3.63, 3.8) is 0 Å². The third-order valence-electron chi connectivity index (χ3n) is 8.96. The Kier molecular flexibility index (Phi) is 8.64. The van der Waals surface area contributed by atoms with Crippen LogP contribution >= 0.6 is 0 Å². The number of piperidine rings is 1. The maximum absolute atomic E-state index is 15.1. The smallest absolute Gasteiger partial charge is 0.272 e. The Bertz CT molecular complexity index is 1740. The summed E-state index contributed by atoms with van der Waals surface area (Å²) < 4.78 is 26.4. The van der Waals surface area contributed by atoms with Crippen molar-refractivity contribution in [3.8, 4) is 23.2 Å². The van der Waals surface area contributed by atoms with E-state index in [1.54, 1.807) is 18.2 Å². The minimum atomic E-state index is -1.42. The Balaban J connectivity index is 0.976. The van der Waals surface area contributed by atoms with Crippen LogP contribution in [0.4, 0.5) is 21.7 Å². The van der Waals surface area contributed by atoms with Gasteiger partial charge < -0.3 is 29.6 Å². The van der Waals surface area contributed by atoms with Crippen molar-refractivity contribution in [1.29, 1.82) is 5.26 Å². The maximum Gasteiger partial charge on any atom is 0.272 e. The largest absolute Gasteiger partial charge is 0.486 e. The van der Waals surface area contributed by atoms with Gasteiger partial charge in [-0.25, -0.2) is 19.3 Å². The Hall–Kier alpha value is -5.13. The van der Waals surface area contributed by atoms with Crippen LogP contribution in [0.15, 0.2) is 61.3 Å². The lowest BCUT2D eigenvalue weighted by molar-refractivity contribution is -0.0691. The van der Waals surface area contributed by atoms with E-state index in [9.17, 15) is 10.1 Å². The summed E-state index contributed by atoms with van der Waals surface area (Å²) >= 11 is 0. The molecule has 3 saturated heterocycles. The van der Waals surface area contributed by atoms with Gasteiger partial charge in [-0.1, -0.05) is 0 Å². The molecular weight excluding hydrogens is 603 g/mol. The van der Waals surface area contributed by atoms with Crippen LogP contribution in [0.5, 0.6) is 5.75 Å². The van der Waals surface area contributed by atoms with Crippen LogP contribution in [0.1, 0.15) is 29.4 Å². The molecule has 2 aromatic carbocycles. The molecule has 3 aliphatic heterocycles. The lowest BCUT2D eigenvalue weighted by atomic mass is 10.0. The molecule has 0 radical (unpaired) electrons. The van der Waals surface area contributed by atoms with E-state index in [1.165, 1.54) is 29.4 Å². The summed E-state index contributed by atoms with van der Waals surface area (Å²) in [7, 11) is 0. The van der Waals surface area contributed by atoms with E-state index in [-0.39, 0.29) is 30.2 Å². The van der Waals surface area contributed by atoms with Crippen molar-refractivity contribution in [2.75, 3.05) is 56.2 Å². The van der Waals surface area contributed by atoms with Crippen molar-refractivity contribution in [3.05, 3.63) is 72.6 Å². The number of aromatic amines is 1. The molecule has 242 valence electrons. The van der Waals surface area contributed by atoms with Gasteiger partial charge in [0.15, 0.2) is 12.0 Å². The fraction of sp³-hybridized carbons (Fsp3) is 0.394. The Morgan fingerprint density at radius 2 is 1.98 bits per heavy atom. The van der Waals surface area contributed by atoms with E-state index in [2.05, 4.69) is 65.2 Å². The van der Waals surface area contributed by atoms with E-state index in [4.69, 9.17) is 9.47 Å². The second kappa shape index (κ2) is 13.3. The highest BCUT2D eigenvalue weighted by molar-refractivity contribution is 5.92. The first-order valence-electron chi connectivity index (χ1n) is 15.7. The minimum absolute atomic E-state index is 0.113. The first kappa shape index (κ1) is 30.5. The van der Waals surface area contributed by atoms with E-state index < -0.39 is 12.3 Å². The predicted molar refractivity (Wildman–Crippen MR) is 171 cm³/mol. The number of piperazine rings is 1. The number of alkyl halides is 1. The topological polar surface area (TPSA) is 148 Å². The fourth-order valence-electron chi connectivity index (χ4n) is 6.26. The summed E-state index contributed by atoms with van der Waals surface area (Å²) in [5, 5.41) is 13.1. The van der Waals surface area contributed by atoms with E-state index in [0.717, 1.165) is 38.5 Å². The van der Waals surface area contributed by atoms with Crippen LogP contribution in [0, 0.1) is 11.3 Å². The Morgan fingerprint density at radius 3 is 2.68 bits per heavy atom. The van der Waals surface area contributed by atoms with Crippen LogP contribution < -0.4 is 15.0 Å². The SMILES string of the molecule is C[C@H]1CN(C2COC2)CCN1c1ccc(Nc2ncnc(-c3ccc(O[C@H]4CCN(C(=O)c5cnc[nH]5)C[C@@H]4F)c(C#N)c3)n2)cc1. The number of anilines is 3. The van der Waals surface area contributed by atoms with Crippen LogP contribution in [0.3, 0.4) is 0 Å². The van der Waals surface area contributed by atoms with E-state index in [0.29, 0.717) is 41.7 Å². The first-order valence-corrected chi connectivity index (χ1v) is 15.7. The van der Waals surface area contributed by atoms with E-state index >= 15 is 4.39 Å². The Labute approximate surface area is 271 Å². The zero-order valence-electron chi connectivity index (χ0n) is 25.9. The van der Waals surface area contributed by atoms with Crippen molar-refractivity contribution in [2.45, 2.75) is 37.7 Å². The number of hydrogen-bond donors (Lipinski definition) is 2. The number of nitrogens with zero attached hydrogens (tertiary/aromatic N) is 8. The molecule has 4 aromatic rings. The summed E-state index contributed by atoms with van der Waals surface area (Å²) in [6, 6.07) is 16.3. The summed E-state index contributed by atoms with van der Waals surface area (Å²) in [4.78, 5) is 38.7. The predicted octanol–water partition coefficient (Wildman–Crippen LogP) is 3.42. The molecule has 1 amide bonds. The molecule has 14 heteroatoms. The molecule has 7 rings (SSSR count). The quantitative estimate of drug-likeness (QED) is 0.293. The van der Waals surface area contributed by atoms with Gasteiger partial charge in [0.25, 0.3) is 5.91 Å². The van der Waals surface area contributed by atoms with Gasteiger partial charge in [-0.2, -0.15) is 10.2 Å². The standard InChI is InChI=1S/C33H35FN10O3/c1-21-15-42(26-17-46-18-26)10-11-44(21)25-5-3-24(4-6-25)40-33-39-20-38-31(41-33)22-2-7-29(23(12-22)13-35)47-30-8-9-43(16-27(30)34)32(45)28-14-36-19-37-28/h2-7,12,14,19-21,26-27,30H,8-11,15-18H2,1H3,(H,36,37)(H,38,39,40,41)/t21-,27-,30-/m0/s1. The normalized spacial score (nSPS) is 21.9. The van der Waals surface area contributed by atoms with Gasteiger partial charge in [0.2, 0.25) is 5.95 Å². The molecule has 2 aromatic heterocycles. The van der Waals surface area contributed by atoms with Crippen molar-refractivity contribution in [2.24, 2.45) is 0 Å². The summed E-state index contributed by atoms with van der Waals surface area (Å²) in [5.41, 5.74) is 3.13. The summed E-state index contributed by atoms with van der Waals surface area (Å²) in [6.45, 7) is 7.16. The highest BCUT2D eigenvalue weighted by Crippen LogP contribution is 2.29. The van der Waals surface area contributed by atoms with Gasteiger partial charge in [-0.05, 0) is 49.4 Å². The number of H-pyrrole nitrogens is 1. The molecule has 0 saturated carbocycles. The number of carbonyl (C=O) groups excluding carboxylic acids is 1.